The Kier molecular flexibility index (Phi) is 8.06. The number of benzene rings is 4. The Morgan fingerprint density at radius 3 is 2.34 bits per heavy atom. The van der Waals surface area contributed by atoms with Gasteiger partial charge in [-0.25, -0.2) is 4.99 Å². The highest BCUT2D eigenvalue weighted by molar-refractivity contribution is 8.00. The van der Waals surface area contributed by atoms with Crippen molar-refractivity contribution in [3.05, 3.63) is 126 Å². The molecule has 0 aliphatic carbocycles. The van der Waals surface area contributed by atoms with Gasteiger partial charge in [-0.2, -0.15) is 0 Å². The smallest absolute Gasteiger partial charge is 0.158 e. The van der Waals surface area contributed by atoms with E-state index >= 15 is 0 Å². The molecule has 0 saturated carbocycles. The predicted molar refractivity (Wildman–Crippen MR) is 168 cm³/mol. The second-order valence-corrected chi connectivity index (χ2v) is 11.6. The molecular weight excluding hydrogens is 503 g/mol. The van der Waals surface area contributed by atoms with Crippen LogP contribution < -0.4 is 5.73 Å². The van der Waals surface area contributed by atoms with E-state index in [9.17, 15) is 0 Å². The molecule has 0 fully saturated rings. The molecule has 5 rings (SSSR count). The highest BCUT2D eigenvalue weighted by atomic mass is 32.2. The number of thiophene rings is 1. The van der Waals surface area contributed by atoms with Crippen molar-refractivity contribution in [3.8, 4) is 0 Å². The lowest BCUT2D eigenvalue weighted by Crippen LogP contribution is -2.17. The Bertz CT molecular complexity index is 1650. The van der Waals surface area contributed by atoms with E-state index < -0.39 is 0 Å². The van der Waals surface area contributed by atoms with Gasteiger partial charge in [-0.05, 0) is 37.6 Å². The number of hydrogen-bond acceptors (Lipinski definition) is 3. The van der Waals surface area contributed by atoms with E-state index in [2.05, 4.69) is 99.7 Å². The maximum Gasteiger partial charge on any atom is 0.158 e. The molecule has 0 spiro atoms. The van der Waals surface area contributed by atoms with Crippen LogP contribution in [0.25, 0.3) is 20.2 Å². The van der Waals surface area contributed by atoms with Crippen LogP contribution in [0.3, 0.4) is 0 Å². The van der Waals surface area contributed by atoms with Crippen LogP contribution >= 0.6 is 23.1 Å². The summed E-state index contributed by atoms with van der Waals surface area (Å²) >= 11 is 3.54. The number of hydrogen-bond donors (Lipinski definition) is 1. The highest BCUT2D eigenvalue weighted by Gasteiger charge is 2.14. The van der Waals surface area contributed by atoms with Crippen LogP contribution in [-0.2, 0) is 0 Å². The highest BCUT2D eigenvalue weighted by Crippen LogP contribution is 2.35. The second kappa shape index (κ2) is 11.8. The summed E-state index contributed by atoms with van der Waals surface area (Å²) in [6, 6.07) is 33.5. The average Bonchev–Trinajstić information content (AvgIpc) is 3.31. The summed E-state index contributed by atoms with van der Waals surface area (Å²) in [5, 5.41) is 2.47. The van der Waals surface area contributed by atoms with Crippen molar-refractivity contribution in [3.63, 3.8) is 0 Å². The zero-order valence-corrected chi connectivity index (χ0v) is 23.5. The predicted octanol–water partition coefficient (Wildman–Crippen LogP) is 9.02. The van der Waals surface area contributed by atoms with E-state index in [0.717, 1.165) is 11.1 Å². The van der Waals surface area contributed by atoms with E-state index in [-0.39, 0.29) is 5.37 Å². The summed E-state index contributed by atoms with van der Waals surface area (Å²) in [6.45, 7) is 6.41. The SMILES string of the molecule is C/C=C\C(C)c1ccccc1SC(C)N=C(N=C(N)c1ccccc1)c1ccc2c(c1)sc1ccccc12. The van der Waals surface area contributed by atoms with Gasteiger partial charge in [0.05, 0.1) is 5.37 Å². The van der Waals surface area contributed by atoms with Crippen LogP contribution in [0.5, 0.6) is 0 Å². The third kappa shape index (κ3) is 5.74. The third-order valence-electron chi connectivity index (χ3n) is 6.43. The first-order valence-electron chi connectivity index (χ1n) is 12.8. The minimum absolute atomic E-state index is 0.0608. The van der Waals surface area contributed by atoms with Crippen molar-refractivity contribution >= 4 is 54.9 Å². The molecule has 190 valence electrons. The lowest BCUT2D eigenvalue weighted by Gasteiger charge is -2.15. The summed E-state index contributed by atoms with van der Waals surface area (Å²) in [7, 11) is 0. The van der Waals surface area contributed by atoms with E-state index in [1.165, 1.54) is 30.6 Å². The fourth-order valence-electron chi connectivity index (χ4n) is 4.56. The minimum atomic E-state index is -0.0608. The van der Waals surface area contributed by atoms with Crippen LogP contribution in [0.15, 0.2) is 124 Å². The normalized spacial score (nSPS) is 14.4. The Labute approximate surface area is 232 Å². The van der Waals surface area contributed by atoms with Gasteiger partial charge in [0.1, 0.15) is 5.84 Å². The lowest BCUT2D eigenvalue weighted by atomic mass is 10.0. The van der Waals surface area contributed by atoms with Crippen molar-refractivity contribution in [2.24, 2.45) is 15.7 Å². The number of nitrogens with two attached hydrogens (primary N) is 1. The van der Waals surface area contributed by atoms with Crippen molar-refractivity contribution in [2.75, 3.05) is 0 Å². The molecule has 2 N–H and O–H groups in total. The van der Waals surface area contributed by atoms with Gasteiger partial charge < -0.3 is 5.73 Å². The zero-order chi connectivity index (χ0) is 26.5. The van der Waals surface area contributed by atoms with Gasteiger partial charge in [-0.1, -0.05) is 110 Å². The maximum absolute atomic E-state index is 6.49. The van der Waals surface area contributed by atoms with Crippen LogP contribution in [0, 0.1) is 0 Å². The molecule has 0 aliphatic rings. The number of allylic oxidation sites excluding steroid dienone is 2. The third-order valence-corrected chi connectivity index (χ3v) is 8.63. The molecule has 5 aromatic rings. The van der Waals surface area contributed by atoms with Gasteiger partial charge in [-0.3, -0.25) is 4.99 Å². The van der Waals surface area contributed by atoms with Gasteiger partial charge in [-0.15, -0.1) is 11.3 Å². The quantitative estimate of drug-likeness (QED) is 0.0982. The lowest BCUT2D eigenvalue weighted by molar-refractivity contribution is 0.927. The van der Waals surface area contributed by atoms with E-state index in [0.29, 0.717) is 17.6 Å². The van der Waals surface area contributed by atoms with Crippen LogP contribution in [-0.4, -0.2) is 17.0 Å². The fourth-order valence-corrected chi connectivity index (χ4v) is 6.77. The molecule has 38 heavy (non-hydrogen) atoms. The van der Waals surface area contributed by atoms with Gasteiger partial charge in [0.25, 0.3) is 0 Å². The fraction of sp³-hybridized carbons (Fsp3) is 0.152. The van der Waals surface area contributed by atoms with Gasteiger partial charge in [0.2, 0.25) is 0 Å². The Morgan fingerprint density at radius 1 is 0.816 bits per heavy atom. The molecule has 3 nitrogen and oxygen atoms in total. The molecule has 2 unspecified atom stereocenters. The minimum Gasteiger partial charge on any atom is -0.383 e. The van der Waals surface area contributed by atoms with Crippen LogP contribution in [0.2, 0.25) is 0 Å². The largest absolute Gasteiger partial charge is 0.383 e. The number of rotatable bonds is 7. The molecule has 0 saturated heterocycles. The Hall–Kier alpha value is -3.67. The zero-order valence-electron chi connectivity index (χ0n) is 21.8. The van der Waals surface area contributed by atoms with Crippen molar-refractivity contribution in [1.82, 2.24) is 0 Å². The first-order valence-corrected chi connectivity index (χ1v) is 14.5. The van der Waals surface area contributed by atoms with Gasteiger partial charge in [0, 0.05) is 42.1 Å². The summed E-state index contributed by atoms with van der Waals surface area (Å²) in [6.07, 6.45) is 4.33. The average molecular weight is 534 g/mol. The van der Waals surface area contributed by atoms with E-state index in [4.69, 9.17) is 15.7 Å². The van der Waals surface area contributed by atoms with Gasteiger partial charge in [0.15, 0.2) is 5.84 Å². The second-order valence-electron chi connectivity index (χ2n) is 9.19. The summed E-state index contributed by atoms with van der Waals surface area (Å²) in [5.74, 6) is 1.44. The molecule has 1 aromatic heterocycles. The van der Waals surface area contributed by atoms with Gasteiger partial charge >= 0.3 is 0 Å². The Balaban J connectivity index is 1.55. The Morgan fingerprint density at radius 2 is 1.53 bits per heavy atom. The monoisotopic (exact) mass is 533 g/mol. The molecule has 2 atom stereocenters. The first-order chi connectivity index (χ1) is 18.5. The summed E-state index contributed by atoms with van der Waals surface area (Å²) in [4.78, 5) is 11.2. The van der Waals surface area contributed by atoms with Crippen molar-refractivity contribution in [1.29, 1.82) is 0 Å². The summed E-state index contributed by atoms with van der Waals surface area (Å²) < 4.78 is 2.50. The number of nitrogens with zero attached hydrogens (tertiary/aromatic N) is 2. The van der Waals surface area contributed by atoms with Crippen molar-refractivity contribution < 1.29 is 0 Å². The standard InChI is InChI=1S/C33H31N3S2/c1-4-12-22(2)26-15-8-10-17-29(26)37-23(3)35-33(36-32(34)24-13-6-5-7-14-24)25-19-20-28-27-16-9-11-18-30(27)38-31(28)21-25/h4-23H,1-3H3,(H2,34,35,36)/b12-4-. The van der Waals surface area contributed by atoms with Crippen molar-refractivity contribution in [2.45, 2.75) is 37.0 Å². The molecule has 1 heterocycles. The molecular formula is C33H31N3S2. The molecule has 0 amide bonds. The number of thioether (sulfide) groups is 1. The topological polar surface area (TPSA) is 50.7 Å². The number of aliphatic imine (C=N–C) groups is 2. The van der Waals surface area contributed by atoms with Crippen LogP contribution in [0.4, 0.5) is 0 Å². The van der Waals surface area contributed by atoms with E-state index in [1.54, 1.807) is 23.1 Å². The molecule has 5 heteroatoms. The molecule has 0 radical (unpaired) electrons. The van der Waals surface area contributed by atoms with Crippen LogP contribution in [0.1, 0.15) is 43.4 Å². The number of fused-ring (bicyclic) bond motifs is 3. The number of amidine groups is 2. The van der Waals surface area contributed by atoms with E-state index in [1.807, 2.05) is 30.3 Å². The molecule has 0 aliphatic heterocycles. The molecule has 4 aromatic carbocycles. The first kappa shape index (κ1) is 26.0. The maximum atomic E-state index is 6.49. The molecule has 0 bridgehead atoms. The summed E-state index contributed by atoms with van der Waals surface area (Å²) in [5.41, 5.74) is 9.64.